The average molecular weight is 205 g/mol. The Kier molecular flexibility index (Phi) is 2.00. The van der Waals surface area contributed by atoms with Crippen molar-refractivity contribution in [2.45, 2.75) is 18.9 Å². The van der Waals surface area contributed by atoms with E-state index in [0.29, 0.717) is 0 Å². The lowest BCUT2D eigenvalue weighted by molar-refractivity contribution is 0.112. The highest BCUT2D eigenvalue weighted by atomic mass is 32.1. The first-order valence-electron chi connectivity index (χ1n) is 4.90. The predicted molar refractivity (Wildman–Crippen MR) is 57.5 cm³/mol. The van der Waals surface area contributed by atoms with Crippen LogP contribution in [0.4, 0.5) is 0 Å². The first-order valence-corrected chi connectivity index (χ1v) is 5.72. The van der Waals surface area contributed by atoms with Crippen LogP contribution in [0.3, 0.4) is 0 Å². The summed E-state index contributed by atoms with van der Waals surface area (Å²) in [5.41, 5.74) is 1.10. The van der Waals surface area contributed by atoms with Gasteiger partial charge in [0.25, 0.3) is 0 Å². The van der Waals surface area contributed by atoms with E-state index >= 15 is 0 Å². The molecule has 2 aromatic rings. The molecule has 2 nitrogen and oxygen atoms in total. The number of thiazole rings is 1. The second kappa shape index (κ2) is 3.33. The van der Waals surface area contributed by atoms with E-state index in [0.717, 1.165) is 23.6 Å². The van der Waals surface area contributed by atoms with Crippen molar-refractivity contribution < 1.29 is 4.74 Å². The van der Waals surface area contributed by atoms with Gasteiger partial charge in [-0.05, 0) is 25.0 Å². The lowest BCUT2D eigenvalue weighted by atomic mass is 10.2. The van der Waals surface area contributed by atoms with Crippen molar-refractivity contribution in [1.82, 2.24) is 4.98 Å². The van der Waals surface area contributed by atoms with Crippen LogP contribution in [0, 0.1) is 0 Å². The maximum atomic E-state index is 5.62. The number of para-hydroxylation sites is 1. The molecule has 14 heavy (non-hydrogen) atoms. The Morgan fingerprint density at radius 1 is 1.36 bits per heavy atom. The summed E-state index contributed by atoms with van der Waals surface area (Å²) in [6.07, 6.45) is 2.55. The van der Waals surface area contributed by atoms with Crippen LogP contribution >= 0.6 is 11.3 Å². The van der Waals surface area contributed by atoms with Crippen molar-refractivity contribution in [2.75, 3.05) is 6.61 Å². The van der Waals surface area contributed by atoms with E-state index in [2.05, 4.69) is 23.2 Å². The van der Waals surface area contributed by atoms with Gasteiger partial charge < -0.3 is 4.74 Å². The zero-order valence-electron chi connectivity index (χ0n) is 7.77. The van der Waals surface area contributed by atoms with Crippen LogP contribution in [0.25, 0.3) is 10.2 Å². The van der Waals surface area contributed by atoms with Crippen LogP contribution in [0.2, 0.25) is 0 Å². The molecule has 0 aliphatic carbocycles. The van der Waals surface area contributed by atoms with Gasteiger partial charge in [-0.25, -0.2) is 4.98 Å². The summed E-state index contributed by atoms with van der Waals surface area (Å²) in [6.45, 7) is 0.889. The van der Waals surface area contributed by atoms with Gasteiger partial charge in [-0.3, -0.25) is 0 Å². The molecule has 2 heterocycles. The molecule has 0 radical (unpaired) electrons. The molecular formula is C11H11NOS. The van der Waals surface area contributed by atoms with Crippen LogP contribution in [0.15, 0.2) is 24.3 Å². The normalized spacial score (nSPS) is 21.9. The Bertz CT molecular complexity index is 412. The SMILES string of the molecule is c1ccc2sc(C3CCCO3)nc2c1. The second-order valence-corrected chi connectivity index (χ2v) is 4.58. The Labute approximate surface area is 86.5 Å². The highest BCUT2D eigenvalue weighted by molar-refractivity contribution is 7.18. The first kappa shape index (κ1) is 8.38. The highest BCUT2D eigenvalue weighted by Crippen LogP contribution is 2.33. The molecule has 1 aliphatic rings. The molecule has 1 aromatic carbocycles. The molecule has 3 heteroatoms. The average Bonchev–Trinajstić information content (AvgIpc) is 2.86. The third-order valence-corrected chi connectivity index (χ3v) is 3.64. The van der Waals surface area contributed by atoms with Crippen LogP contribution in [0.5, 0.6) is 0 Å². The molecule has 0 saturated carbocycles. The fraction of sp³-hybridized carbons (Fsp3) is 0.364. The second-order valence-electron chi connectivity index (χ2n) is 3.52. The summed E-state index contributed by atoms with van der Waals surface area (Å²) in [4.78, 5) is 4.59. The van der Waals surface area contributed by atoms with Gasteiger partial charge in [-0.15, -0.1) is 11.3 Å². The van der Waals surface area contributed by atoms with E-state index in [1.165, 1.54) is 11.1 Å². The van der Waals surface area contributed by atoms with Crippen molar-refractivity contribution >= 4 is 21.6 Å². The molecule has 0 N–H and O–H groups in total. The van der Waals surface area contributed by atoms with Gasteiger partial charge in [0.15, 0.2) is 0 Å². The van der Waals surface area contributed by atoms with Gasteiger partial charge in [0.2, 0.25) is 0 Å². The molecule has 1 atom stereocenters. The highest BCUT2D eigenvalue weighted by Gasteiger charge is 2.20. The Balaban J connectivity index is 2.05. The molecule has 3 rings (SSSR count). The fourth-order valence-electron chi connectivity index (χ4n) is 1.80. The van der Waals surface area contributed by atoms with Gasteiger partial charge in [0.05, 0.1) is 10.2 Å². The van der Waals surface area contributed by atoms with E-state index in [1.807, 2.05) is 6.07 Å². The minimum absolute atomic E-state index is 0.257. The molecule has 1 aliphatic heterocycles. The van der Waals surface area contributed by atoms with Gasteiger partial charge in [0, 0.05) is 6.61 Å². The molecular weight excluding hydrogens is 194 g/mol. The minimum Gasteiger partial charge on any atom is -0.371 e. The van der Waals surface area contributed by atoms with Crippen LogP contribution in [-0.4, -0.2) is 11.6 Å². The number of benzene rings is 1. The molecule has 1 saturated heterocycles. The van der Waals surface area contributed by atoms with Gasteiger partial charge >= 0.3 is 0 Å². The number of rotatable bonds is 1. The minimum atomic E-state index is 0.257. The number of fused-ring (bicyclic) bond motifs is 1. The Morgan fingerprint density at radius 3 is 3.07 bits per heavy atom. The summed E-state index contributed by atoms with van der Waals surface area (Å²) in [6, 6.07) is 8.26. The van der Waals surface area contributed by atoms with E-state index in [1.54, 1.807) is 11.3 Å². The zero-order valence-corrected chi connectivity index (χ0v) is 8.59. The maximum absolute atomic E-state index is 5.62. The summed E-state index contributed by atoms with van der Waals surface area (Å²) in [5, 5.41) is 1.14. The van der Waals surface area contributed by atoms with Crippen molar-refractivity contribution in [3.8, 4) is 0 Å². The third-order valence-electron chi connectivity index (χ3n) is 2.52. The van der Waals surface area contributed by atoms with Crippen LogP contribution < -0.4 is 0 Å². The molecule has 1 aromatic heterocycles. The van der Waals surface area contributed by atoms with E-state index in [4.69, 9.17) is 4.74 Å². The largest absolute Gasteiger partial charge is 0.371 e. The van der Waals surface area contributed by atoms with Crippen molar-refractivity contribution in [2.24, 2.45) is 0 Å². The van der Waals surface area contributed by atoms with Crippen LogP contribution in [0.1, 0.15) is 24.0 Å². The van der Waals surface area contributed by atoms with E-state index in [9.17, 15) is 0 Å². The standard InChI is InChI=1S/C11H11NOS/c1-2-6-10-8(4-1)12-11(14-10)9-5-3-7-13-9/h1-2,4,6,9H,3,5,7H2. The zero-order chi connectivity index (χ0) is 9.38. The molecule has 1 unspecified atom stereocenters. The van der Waals surface area contributed by atoms with Gasteiger partial charge in [0.1, 0.15) is 11.1 Å². The molecule has 0 amide bonds. The summed E-state index contributed by atoms with van der Waals surface area (Å²) in [7, 11) is 0. The van der Waals surface area contributed by atoms with Crippen molar-refractivity contribution in [1.29, 1.82) is 0 Å². The Morgan fingerprint density at radius 2 is 2.29 bits per heavy atom. The third kappa shape index (κ3) is 1.33. The Hall–Kier alpha value is -0.930. The summed E-state index contributed by atoms with van der Waals surface area (Å²) in [5.74, 6) is 0. The molecule has 72 valence electrons. The quantitative estimate of drug-likeness (QED) is 0.713. The monoisotopic (exact) mass is 205 g/mol. The number of nitrogens with zero attached hydrogens (tertiary/aromatic N) is 1. The predicted octanol–water partition coefficient (Wildman–Crippen LogP) is 3.15. The fourth-order valence-corrected chi connectivity index (χ4v) is 2.85. The van der Waals surface area contributed by atoms with Crippen molar-refractivity contribution in [3.63, 3.8) is 0 Å². The molecule has 1 fully saturated rings. The number of ether oxygens (including phenoxy) is 1. The molecule has 0 bridgehead atoms. The van der Waals surface area contributed by atoms with E-state index in [-0.39, 0.29) is 6.10 Å². The lowest BCUT2D eigenvalue weighted by Crippen LogP contribution is -1.93. The molecule has 0 spiro atoms. The van der Waals surface area contributed by atoms with Crippen molar-refractivity contribution in [3.05, 3.63) is 29.3 Å². The maximum Gasteiger partial charge on any atom is 0.123 e. The smallest absolute Gasteiger partial charge is 0.123 e. The topological polar surface area (TPSA) is 22.1 Å². The number of aromatic nitrogens is 1. The number of hydrogen-bond donors (Lipinski definition) is 0. The van der Waals surface area contributed by atoms with Gasteiger partial charge in [-0.1, -0.05) is 12.1 Å². The van der Waals surface area contributed by atoms with Gasteiger partial charge in [-0.2, -0.15) is 0 Å². The number of hydrogen-bond acceptors (Lipinski definition) is 3. The summed E-state index contributed by atoms with van der Waals surface area (Å²) >= 11 is 1.76. The van der Waals surface area contributed by atoms with E-state index < -0.39 is 0 Å². The first-order chi connectivity index (χ1) is 6.93. The van der Waals surface area contributed by atoms with Crippen LogP contribution in [-0.2, 0) is 4.74 Å². The lowest BCUT2D eigenvalue weighted by Gasteiger charge is -2.02. The summed E-state index contributed by atoms with van der Waals surface area (Å²) < 4.78 is 6.88.